The van der Waals surface area contributed by atoms with Crippen LogP contribution < -0.4 is 5.32 Å². The van der Waals surface area contributed by atoms with Gasteiger partial charge in [0.2, 0.25) is 5.91 Å². The largest absolute Gasteiger partial charge is 0.471 e. The molecule has 0 bridgehead atoms. The number of thioether (sulfide) groups is 1. The summed E-state index contributed by atoms with van der Waals surface area (Å²) in [6, 6.07) is -0.437. The molecular formula is C9H12F3N3O2S. The number of nitrogens with zero attached hydrogens (tertiary/aromatic N) is 2. The van der Waals surface area contributed by atoms with Crippen LogP contribution in [0.5, 0.6) is 0 Å². The molecule has 1 aliphatic rings. The number of alkyl halides is 3. The standard InChI is InChI=1S/C9H12F3N3O2S/c1-5(16)13-8-14-6(4-18-8)3-15(2)7(17)9(10,11)12/h6H,3-4H2,1-2H3,(H,13,14,16). The molecule has 0 saturated heterocycles. The van der Waals surface area contributed by atoms with Gasteiger partial charge in [-0.05, 0) is 0 Å². The van der Waals surface area contributed by atoms with Crippen molar-refractivity contribution in [3.8, 4) is 0 Å². The summed E-state index contributed by atoms with van der Waals surface area (Å²) in [5.74, 6) is -1.75. The molecule has 1 unspecified atom stereocenters. The Morgan fingerprint density at radius 2 is 2.17 bits per heavy atom. The van der Waals surface area contributed by atoms with E-state index in [1.807, 2.05) is 0 Å². The highest BCUT2D eigenvalue weighted by atomic mass is 32.2. The maximum Gasteiger partial charge on any atom is 0.471 e. The minimum atomic E-state index is -4.87. The molecule has 1 N–H and O–H groups in total. The van der Waals surface area contributed by atoms with Crippen molar-refractivity contribution in [2.24, 2.45) is 4.99 Å². The van der Waals surface area contributed by atoms with E-state index < -0.39 is 18.1 Å². The number of aliphatic imine (C=N–C) groups is 1. The number of rotatable bonds is 2. The molecule has 0 aromatic rings. The lowest BCUT2D eigenvalue weighted by molar-refractivity contribution is -0.184. The zero-order valence-corrected chi connectivity index (χ0v) is 10.6. The van der Waals surface area contributed by atoms with Crippen molar-refractivity contribution < 1.29 is 22.8 Å². The van der Waals surface area contributed by atoms with Crippen molar-refractivity contribution in [2.45, 2.75) is 19.1 Å². The Labute approximate surface area is 106 Å². The quantitative estimate of drug-likeness (QED) is 0.808. The fourth-order valence-corrected chi connectivity index (χ4v) is 2.31. The Morgan fingerprint density at radius 3 is 2.67 bits per heavy atom. The molecule has 1 rings (SSSR count). The number of hydrogen-bond acceptors (Lipinski definition) is 4. The van der Waals surface area contributed by atoms with E-state index in [-0.39, 0.29) is 12.5 Å². The average molecular weight is 283 g/mol. The summed E-state index contributed by atoms with van der Waals surface area (Å²) in [4.78, 5) is 26.2. The molecule has 0 fully saturated rings. The number of likely N-dealkylation sites (N-methyl/N-ethyl adjacent to an activating group) is 1. The first-order valence-corrected chi connectivity index (χ1v) is 5.99. The van der Waals surface area contributed by atoms with Crippen molar-refractivity contribution in [2.75, 3.05) is 19.3 Å². The highest BCUT2D eigenvalue weighted by Crippen LogP contribution is 2.21. The lowest BCUT2D eigenvalue weighted by atomic mass is 10.3. The van der Waals surface area contributed by atoms with E-state index in [1.165, 1.54) is 18.7 Å². The summed E-state index contributed by atoms with van der Waals surface area (Å²) in [5, 5.41) is 2.83. The van der Waals surface area contributed by atoms with Gasteiger partial charge in [0, 0.05) is 26.3 Å². The van der Waals surface area contributed by atoms with Gasteiger partial charge in [-0.3, -0.25) is 14.6 Å². The molecule has 2 amide bonds. The summed E-state index contributed by atoms with van der Waals surface area (Å²) >= 11 is 1.24. The number of amides is 2. The second kappa shape index (κ2) is 5.59. The second-order valence-electron chi connectivity index (χ2n) is 3.76. The van der Waals surface area contributed by atoms with E-state index in [4.69, 9.17) is 0 Å². The van der Waals surface area contributed by atoms with E-state index in [0.717, 1.165) is 7.05 Å². The monoisotopic (exact) mass is 283 g/mol. The normalized spacial score (nSPS) is 19.4. The molecule has 102 valence electrons. The Bertz CT molecular complexity index is 384. The maximum atomic E-state index is 12.1. The summed E-state index contributed by atoms with van der Waals surface area (Å²) in [7, 11) is 1.08. The highest BCUT2D eigenvalue weighted by Gasteiger charge is 2.41. The van der Waals surface area contributed by atoms with Gasteiger partial charge in [0.1, 0.15) is 0 Å². The minimum Gasteiger partial charge on any atom is -0.336 e. The lowest BCUT2D eigenvalue weighted by Gasteiger charge is -2.20. The molecule has 0 saturated carbocycles. The summed E-state index contributed by atoms with van der Waals surface area (Å²) < 4.78 is 36.4. The topological polar surface area (TPSA) is 61.8 Å². The van der Waals surface area contributed by atoms with Gasteiger partial charge in [-0.25, -0.2) is 0 Å². The molecule has 18 heavy (non-hydrogen) atoms. The fraction of sp³-hybridized carbons (Fsp3) is 0.667. The summed E-state index contributed by atoms with van der Waals surface area (Å²) in [6.07, 6.45) is -4.87. The van der Waals surface area contributed by atoms with Crippen molar-refractivity contribution in [1.29, 1.82) is 0 Å². The van der Waals surface area contributed by atoms with Crippen LogP contribution in [0.1, 0.15) is 6.92 Å². The molecule has 1 atom stereocenters. The zero-order valence-electron chi connectivity index (χ0n) is 9.74. The molecular weight excluding hydrogens is 271 g/mol. The molecule has 0 aromatic heterocycles. The van der Waals surface area contributed by atoms with Crippen LogP contribution in [0.15, 0.2) is 4.99 Å². The number of halogens is 3. The predicted molar refractivity (Wildman–Crippen MR) is 61.2 cm³/mol. The molecule has 0 aromatic carbocycles. The molecule has 1 heterocycles. The van der Waals surface area contributed by atoms with Crippen LogP contribution in [0, 0.1) is 0 Å². The molecule has 0 spiro atoms. The Morgan fingerprint density at radius 1 is 1.56 bits per heavy atom. The highest BCUT2D eigenvalue weighted by molar-refractivity contribution is 8.14. The first kappa shape index (κ1) is 14.8. The van der Waals surface area contributed by atoms with E-state index in [9.17, 15) is 22.8 Å². The molecule has 1 aliphatic heterocycles. The molecule has 0 aliphatic carbocycles. The van der Waals surface area contributed by atoms with E-state index >= 15 is 0 Å². The van der Waals surface area contributed by atoms with Gasteiger partial charge in [0.05, 0.1) is 6.04 Å². The summed E-state index contributed by atoms with van der Waals surface area (Å²) in [5.41, 5.74) is 0. The van der Waals surface area contributed by atoms with Crippen LogP contribution in [-0.4, -0.2) is 53.4 Å². The van der Waals surface area contributed by atoms with E-state index in [2.05, 4.69) is 10.3 Å². The van der Waals surface area contributed by atoms with Crippen molar-refractivity contribution in [3.63, 3.8) is 0 Å². The van der Waals surface area contributed by atoms with E-state index in [0.29, 0.717) is 15.8 Å². The minimum absolute atomic E-state index is 0.131. The van der Waals surface area contributed by atoms with Crippen molar-refractivity contribution in [3.05, 3.63) is 0 Å². The number of amidine groups is 1. The van der Waals surface area contributed by atoms with Gasteiger partial charge in [-0.1, -0.05) is 11.8 Å². The smallest absolute Gasteiger partial charge is 0.336 e. The van der Waals surface area contributed by atoms with Crippen LogP contribution in [0.25, 0.3) is 0 Å². The van der Waals surface area contributed by atoms with Gasteiger partial charge in [0.15, 0.2) is 5.17 Å². The Kier molecular flexibility index (Phi) is 4.60. The third kappa shape index (κ3) is 4.21. The molecule has 5 nitrogen and oxygen atoms in total. The third-order valence-corrected chi connectivity index (χ3v) is 3.10. The van der Waals surface area contributed by atoms with Gasteiger partial charge in [0.25, 0.3) is 0 Å². The number of carbonyl (C=O) groups excluding carboxylic acids is 2. The van der Waals surface area contributed by atoms with Crippen molar-refractivity contribution >= 4 is 28.7 Å². The average Bonchev–Trinajstić information content (AvgIpc) is 2.61. The lowest BCUT2D eigenvalue weighted by Crippen LogP contribution is -2.42. The van der Waals surface area contributed by atoms with Crippen molar-refractivity contribution in [1.82, 2.24) is 10.2 Å². The van der Waals surface area contributed by atoms with Crippen LogP contribution in [0.2, 0.25) is 0 Å². The maximum absolute atomic E-state index is 12.1. The number of carbonyl (C=O) groups is 2. The summed E-state index contributed by atoms with van der Waals surface area (Å²) in [6.45, 7) is 1.18. The van der Waals surface area contributed by atoms with Crippen LogP contribution in [-0.2, 0) is 9.59 Å². The van der Waals surface area contributed by atoms with Crippen LogP contribution >= 0.6 is 11.8 Å². The SMILES string of the molecule is CC(=O)NC1=NC(CN(C)C(=O)C(F)(F)F)CS1. The fourth-order valence-electron chi connectivity index (χ4n) is 1.34. The number of nitrogens with one attached hydrogen (secondary N) is 1. The predicted octanol–water partition coefficient (Wildman–Crippen LogP) is 0.615. The Balaban J connectivity index is 2.52. The molecule has 9 heteroatoms. The molecule has 0 radical (unpaired) electrons. The number of hydrogen-bond donors (Lipinski definition) is 1. The second-order valence-corrected chi connectivity index (χ2v) is 4.77. The van der Waals surface area contributed by atoms with Gasteiger partial charge >= 0.3 is 12.1 Å². The van der Waals surface area contributed by atoms with Crippen LogP contribution in [0.3, 0.4) is 0 Å². The van der Waals surface area contributed by atoms with Crippen LogP contribution in [0.4, 0.5) is 13.2 Å². The first-order chi connectivity index (χ1) is 8.20. The first-order valence-electron chi connectivity index (χ1n) is 5.00. The van der Waals surface area contributed by atoms with Gasteiger partial charge in [-0.15, -0.1) is 0 Å². The Hall–Kier alpha value is -1.25. The zero-order chi connectivity index (χ0) is 13.9. The van der Waals surface area contributed by atoms with Gasteiger partial charge < -0.3 is 10.2 Å². The van der Waals surface area contributed by atoms with E-state index in [1.54, 1.807) is 0 Å². The van der Waals surface area contributed by atoms with Gasteiger partial charge in [-0.2, -0.15) is 13.2 Å². The third-order valence-electron chi connectivity index (χ3n) is 2.07.